The number of hydrogen-bond donors (Lipinski definition) is 9. The SMILES string of the molecule is C[C@@H]1CC[C@@]2(OC1)O[C@H]1C[C@H]3[C@@H]4CC=C5C[C@@H](O[C@@H]6O[C@H](CO)[C@@H](O[C@@H]7O[C@@H](CO)[C@H](O)[C@H]7O)[C@H](O)[C@H]6O[C@@H]6O[C@@H](C)[C@H](O)[C@@H](O)[C@H]6O)CC[C@]5(C)[C@H]4CC[C@]3(C)[C@@]1(O)[C@@H]2C. The van der Waals surface area contributed by atoms with E-state index in [1.807, 2.05) is 0 Å². The minimum atomic E-state index is -1.72. The van der Waals surface area contributed by atoms with E-state index in [4.69, 9.17) is 37.9 Å². The second-order valence-electron chi connectivity index (χ2n) is 20.7. The van der Waals surface area contributed by atoms with Gasteiger partial charge < -0.3 is 83.9 Å². The van der Waals surface area contributed by atoms with Crippen LogP contribution in [-0.2, 0) is 37.9 Å². The molecule has 1 spiro atoms. The molecule has 5 heterocycles. The maximum atomic E-state index is 12.8. The molecule has 348 valence electrons. The Morgan fingerprint density at radius 1 is 0.705 bits per heavy atom. The van der Waals surface area contributed by atoms with Crippen LogP contribution in [0.5, 0.6) is 0 Å². The molecule has 9 rings (SSSR count). The summed E-state index contributed by atoms with van der Waals surface area (Å²) in [6.45, 7) is 9.89. The topological polar surface area (TPSA) is 256 Å². The zero-order valence-electron chi connectivity index (χ0n) is 36.0. The Balaban J connectivity index is 0.922. The maximum Gasteiger partial charge on any atom is 0.187 e. The summed E-state index contributed by atoms with van der Waals surface area (Å²) in [5.41, 5.74) is -0.100. The van der Waals surface area contributed by atoms with Crippen LogP contribution in [0, 0.1) is 40.4 Å². The summed E-state index contributed by atoms with van der Waals surface area (Å²) in [6.07, 6.45) is -11.0. The van der Waals surface area contributed by atoms with Crippen LogP contribution in [0.15, 0.2) is 11.6 Å². The van der Waals surface area contributed by atoms with Gasteiger partial charge in [-0.2, -0.15) is 0 Å². The van der Waals surface area contributed by atoms with Crippen LogP contribution in [0.1, 0.15) is 92.4 Å². The number of fused-ring (bicyclic) bond motifs is 7. The van der Waals surface area contributed by atoms with Crippen LogP contribution in [-0.4, -0.2) is 175 Å². The van der Waals surface area contributed by atoms with Crippen molar-refractivity contribution in [2.75, 3.05) is 19.8 Å². The van der Waals surface area contributed by atoms with Crippen LogP contribution < -0.4 is 0 Å². The Bertz CT molecular complexity index is 1610. The van der Waals surface area contributed by atoms with Gasteiger partial charge in [0.25, 0.3) is 0 Å². The third kappa shape index (κ3) is 6.97. The van der Waals surface area contributed by atoms with E-state index in [0.717, 1.165) is 44.9 Å². The third-order valence-electron chi connectivity index (χ3n) is 17.6. The van der Waals surface area contributed by atoms with E-state index in [1.54, 1.807) is 0 Å². The molecule has 0 unspecified atom stereocenters. The fourth-order valence-electron chi connectivity index (χ4n) is 13.8. The molecule has 0 radical (unpaired) electrons. The largest absolute Gasteiger partial charge is 0.394 e. The van der Waals surface area contributed by atoms with E-state index in [0.29, 0.717) is 43.1 Å². The van der Waals surface area contributed by atoms with Gasteiger partial charge in [0.2, 0.25) is 0 Å². The predicted molar refractivity (Wildman–Crippen MR) is 210 cm³/mol. The van der Waals surface area contributed by atoms with Crippen molar-refractivity contribution in [1.82, 2.24) is 0 Å². The van der Waals surface area contributed by atoms with Gasteiger partial charge in [-0.15, -0.1) is 0 Å². The Kier molecular flexibility index (Phi) is 12.2. The molecule has 25 atom stereocenters. The normalized spacial score (nSPS) is 58.2. The minimum Gasteiger partial charge on any atom is -0.394 e. The summed E-state index contributed by atoms with van der Waals surface area (Å²) in [7, 11) is 0. The molecule has 5 aliphatic heterocycles. The van der Waals surface area contributed by atoms with Gasteiger partial charge >= 0.3 is 0 Å². The Hall–Kier alpha value is -0.940. The second-order valence-corrected chi connectivity index (χ2v) is 20.7. The average molecular weight is 871 g/mol. The van der Waals surface area contributed by atoms with Crippen molar-refractivity contribution in [2.24, 2.45) is 40.4 Å². The van der Waals surface area contributed by atoms with Crippen molar-refractivity contribution in [3.05, 3.63) is 11.6 Å². The molecule has 8 fully saturated rings. The molecule has 4 aliphatic carbocycles. The third-order valence-corrected chi connectivity index (χ3v) is 17.6. The molecular weight excluding hydrogens is 800 g/mol. The summed E-state index contributed by atoms with van der Waals surface area (Å²) < 4.78 is 49.5. The van der Waals surface area contributed by atoms with E-state index in [-0.39, 0.29) is 22.9 Å². The van der Waals surface area contributed by atoms with E-state index in [9.17, 15) is 46.0 Å². The van der Waals surface area contributed by atoms with Crippen molar-refractivity contribution in [3.63, 3.8) is 0 Å². The van der Waals surface area contributed by atoms with E-state index in [1.165, 1.54) is 12.5 Å². The summed E-state index contributed by atoms with van der Waals surface area (Å²) in [4.78, 5) is 0. The van der Waals surface area contributed by atoms with Crippen LogP contribution in [0.2, 0.25) is 0 Å². The first kappa shape index (κ1) is 45.2. The second kappa shape index (κ2) is 16.4. The van der Waals surface area contributed by atoms with Gasteiger partial charge in [0.15, 0.2) is 24.7 Å². The Morgan fingerprint density at radius 2 is 1.39 bits per heavy atom. The lowest BCUT2D eigenvalue weighted by atomic mass is 9.46. The first-order valence-corrected chi connectivity index (χ1v) is 22.9. The maximum absolute atomic E-state index is 12.8. The first-order valence-electron chi connectivity index (χ1n) is 22.9. The van der Waals surface area contributed by atoms with Crippen molar-refractivity contribution in [3.8, 4) is 0 Å². The fourth-order valence-corrected chi connectivity index (χ4v) is 13.8. The number of aliphatic hydroxyl groups excluding tert-OH is 8. The smallest absolute Gasteiger partial charge is 0.187 e. The molecule has 0 bridgehead atoms. The van der Waals surface area contributed by atoms with E-state index >= 15 is 0 Å². The van der Waals surface area contributed by atoms with Crippen molar-refractivity contribution >= 4 is 0 Å². The summed E-state index contributed by atoms with van der Waals surface area (Å²) >= 11 is 0. The van der Waals surface area contributed by atoms with Crippen LogP contribution in [0.4, 0.5) is 0 Å². The van der Waals surface area contributed by atoms with Gasteiger partial charge in [-0.3, -0.25) is 0 Å². The quantitative estimate of drug-likeness (QED) is 0.145. The number of allylic oxidation sites excluding steroid dienone is 1. The molecule has 0 aromatic rings. The molecule has 17 nitrogen and oxygen atoms in total. The van der Waals surface area contributed by atoms with E-state index in [2.05, 4.69) is 33.8 Å². The van der Waals surface area contributed by atoms with Crippen molar-refractivity contribution in [2.45, 2.75) is 202 Å². The average Bonchev–Trinajstić information content (AvgIpc) is 3.74. The standard InChI is InChI=1S/C44H70O17/c1-19-8-13-43(54-18-19)21(3)44(53)29(61-43)15-26-24-7-6-22-14-23(9-11-41(22,4)25(24)10-12-42(26,44)5)56-40-37(60-38-34(51)32(49)30(47)20(2)55-38)35(52)36(28(17-46)58-40)59-39-33(50)31(48)27(16-45)57-39/h6,19-21,23-40,45-53H,7-18H2,1-5H3/t19-,20+,21-,23+,24-,25+,26+,27+,28-,29+,30+,31+,32-,33-,34-,35+,36-,37-,38+,39+,40-,41+,42+,43-,44-/m1/s1. The van der Waals surface area contributed by atoms with Gasteiger partial charge in [-0.25, -0.2) is 0 Å². The van der Waals surface area contributed by atoms with Gasteiger partial charge in [-0.05, 0) is 87.4 Å². The number of ether oxygens (including phenoxy) is 8. The Morgan fingerprint density at radius 3 is 2.08 bits per heavy atom. The highest BCUT2D eigenvalue weighted by Crippen LogP contribution is 2.72. The van der Waals surface area contributed by atoms with Gasteiger partial charge in [0.05, 0.1) is 38.1 Å². The van der Waals surface area contributed by atoms with Crippen LogP contribution >= 0.6 is 0 Å². The van der Waals surface area contributed by atoms with E-state index < -0.39 is 117 Å². The first-order chi connectivity index (χ1) is 28.9. The molecule has 17 heteroatoms. The summed E-state index contributed by atoms with van der Waals surface area (Å²) in [5.74, 6) is 0.693. The van der Waals surface area contributed by atoms with Gasteiger partial charge in [-0.1, -0.05) is 39.3 Å². The molecule has 61 heavy (non-hydrogen) atoms. The zero-order chi connectivity index (χ0) is 43.6. The van der Waals surface area contributed by atoms with Crippen molar-refractivity contribution in [1.29, 1.82) is 0 Å². The number of hydrogen-bond acceptors (Lipinski definition) is 17. The number of aliphatic hydroxyl groups is 9. The Labute approximate surface area is 357 Å². The zero-order valence-corrected chi connectivity index (χ0v) is 36.0. The van der Waals surface area contributed by atoms with Crippen molar-refractivity contribution < 1.29 is 83.9 Å². The minimum absolute atomic E-state index is 0.109. The highest BCUT2D eigenvalue weighted by atomic mass is 16.8. The van der Waals surface area contributed by atoms with Crippen LogP contribution in [0.25, 0.3) is 0 Å². The summed E-state index contributed by atoms with van der Waals surface area (Å²) in [5, 5.41) is 97.6. The molecule has 5 saturated heterocycles. The molecular formula is C44H70O17. The monoisotopic (exact) mass is 870 g/mol. The molecule has 3 saturated carbocycles. The lowest BCUT2D eigenvalue weighted by molar-refractivity contribution is -0.380. The molecule has 0 aromatic carbocycles. The van der Waals surface area contributed by atoms with Gasteiger partial charge in [0, 0.05) is 17.8 Å². The fraction of sp³-hybridized carbons (Fsp3) is 0.955. The lowest BCUT2D eigenvalue weighted by Crippen LogP contribution is -2.65. The molecule has 9 aliphatic rings. The lowest BCUT2D eigenvalue weighted by Gasteiger charge is -2.60. The molecule has 0 amide bonds. The summed E-state index contributed by atoms with van der Waals surface area (Å²) in [6, 6.07) is 0. The van der Waals surface area contributed by atoms with Crippen LogP contribution in [0.3, 0.4) is 0 Å². The predicted octanol–water partition coefficient (Wildman–Crippen LogP) is -0.0319. The highest BCUT2D eigenvalue weighted by molar-refractivity contribution is 5.29. The molecule has 9 N–H and O–H groups in total. The highest BCUT2D eigenvalue weighted by Gasteiger charge is 2.76. The number of rotatable bonds is 8. The van der Waals surface area contributed by atoms with Gasteiger partial charge in [0.1, 0.15) is 66.6 Å². The molecule has 0 aromatic heterocycles.